The molecule has 354 valence electrons. The molecule has 1 aliphatic heterocycles. The highest BCUT2D eigenvalue weighted by Crippen LogP contribution is 2.49. The normalized spacial score (nSPS) is 18.6. The van der Waals surface area contributed by atoms with Gasteiger partial charge in [-0.3, -0.25) is 18.7 Å². The van der Waals surface area contributed by atoms with E-state index in [-0.39, 0.29) is 53.7 Å². The summed E-state index contributed by atoms with van der Waals surface area (Å²) in [5.74, 6) is -0.826. The zero-order valence-corrected chi connectivity index (χ0v) is 38.4. The number of hydrogen-bond acceptors (Lipinski definition) is 12. The van der Waals surface area contributed by atoms with Gasteiger partial charge in [-0.1, -0.05) is 122 Å². The lowest BCUT2D eigenvalue weighted by molar-refractivity contribution is -0.158. The maximum atomic E-state index is 15.1. The number of unbranched alkanes of at least 4 members (excludes halogenated alkanes) is 10. The number of hydrogen-bond donors (Lipinski definition) is 2. The number of anilines is 1. The van der Waals surface area contributed by atoms with Gasteiger partial charge in [-0.2, -0.15) is 19.4 Å². The van der Waals surface area contributed by atoms with Crippen LogP contribution >= 0.6 is 7.75 Å². The SMILES string of the molecule is C#C[C@]1(CO[P@@](=O)(NC(Cc2cc(F)cc(F)c2)C(=O)OCC(CC)CC)Oc2ccccc2)O[C@@H](n2cnc3c(N)nc(F)nc32)C[C@@H]1OC(=O)CCCCCCCCCCCCC. The zero-order valence-electron chi connectivity index (χ0n) is 37.5. The smallest absolute Gasteiger partial charge is 0.459 e. The maximum absolute atomic E-state index is 15.1. The van der Waals surface area contributed by atoms with Gasteiger partial charge in [0.1, 0.15) is 42.4 Å². The number of esters is 2. The molecule has 5 atom stereocenters. The summed E-state index contributed by atoms with van der Waals surface area (Å²) in [6.45, 7) is 5.36. The Labute approximate surface area is 379 Å². The molecule has 2 aromatic heterocycles. The molecule has 14 nitrogen and oxygen atoms in total. The highest BCUT2D eigenvalue weighted by atomic mass is 31.2. The van der Waals surface area contributed by atoms with Gasteiger partial charge < -0.3 is 24.5 Å². The summed E-state index contributed by atoms with van der Waals surface area (Å²) in [5.41, 5.74) is 4.07. The summed E-state index contributed by atoms with van der Waals surface area (Å²) in [6.07, 6.45) is 17.1. The van der Waals surface area contributed by atoms with E-state index in [0.29, 0.717) is 25.3 Å². The number of nitrogens with one attached hydrogen (secondary N) is 1. The quantitative estimate of drug-likeness (QED) is 0.0181. The van der Waals surface area contributed by atoms with Crippen LogP contribution < -0.4 is 15.3 Å². The van der Waals surface area contributed by atoms with Gasteiger partial charge >= 0.3 is 25.8 Å². The van der Waals surface area contributed by atoms with Gasteiger partial charge in [0.05, 0.1) is 12.9 Å². The molecule has 0 aliphatic carbocycles. The Morgan fingerprint density at radius 1 is 0.969 bits per heavy atom. The van der Waals surface area contributed by atoms with Gasteiger partial charge in [0.15, 0.2) is 22.6 Å². The summed E-state index contributed by atoms with van der Waals surface area (Å²) in [6, 6.07) is 9.14. The molecule has 1 unspecified atom stereocenters. The second kappa shape index (κ2) is 25.0. The topological polar surface area (TPSA) is 179 Å². The van der Waals surface area contributed by atoms with E-state index < -0.39 is 74.4 Å². The van der Waals surface area contributed by atoms with E-state index in [1.165, 1.54) is 61.6 Å². The first-order chi connectivity index (χ1) is 31.3. The molecule has 1 aliphatic rings. The van der Waals surface area contributed by atoms with Crippen LogP contribution in [0.5, 0.6) is 5.75 Å². The number of nitrogen functional groups attached to an aromatic ring is 1. The van der Waals surface area contributed by atoms with Crippen LogP contribution in [0.1, 0.15) is 129 Å². The van der Waals surface area contributed by atoms with Gasteiger partial charge in [0, 0.05) is 18.9 Å². The van der Waals surface area contributed by atoms with Crippen molar-refractivity contribution in [1.29, 1.82) is 0 Å². The third-order valence-electron chi connectivity index (χ3n) is 11.5. The molecule has 18 heteroatoms. The fraction of sp³-hybridized carbons (Fsp3) is 0.553. The number of rotatable bonds is 28. The average molecular weight is 927 g/mol. The Balaban J connectivity index is 1.39. The van der Waals surface area contributed by atoms with Crippen molar-refractivity contribution in [1.82, 2.24) is 24.6 Å². The predicted molar refractivity (Wildman–Crippen MR) is 240 cm³/mol. The lowest BCUT2D eigenvalue weighted by Crippen LogP contribution is -2.46. The number of para-hydroxylation sites is 1. The predicted octanol–water partition coefficient (Wildman–Crippen LogP) is 10.1. The number of fused-ring (bicyclic) bond motifs is 1. The van der Waals surface area contributed by atoms with E-state index in [1.54, 1.807) is 18.2 Å². The molecule has 0 radical (unpaired) electrons. The number of carbonyl (C=O) groups is 2. The molecule has 2 aromatic carbocycles. The first kappa shape index (κ1) is 51.0. The fourth-order valence-electron chi connectivity index (χ4n) is 7.68. The molecule has 4 aromatic rings. The minimum absolute atomic E-state index is 0.0133. The minimum atomic E-state index is -4.78. The summed E-state index contributed by atoms with van der Waals surface area (Å²) in [4.78, 5) is 39.0. The van der Waals surface area contributed by atoms with Crippen LogP contribution in [-0.4, -0.2) is 62.4 Å². The molecule has 3 N–H and O–H groups in total. The van der Waals surface area contributed by atoms with Crippen molar-refractivity contribution in [3.63, 3.8) is 0 Å². The highest BCUT2D eigenvalue weighted by molar-refractivity contribution is 7.52. The number of carbonyl (C=O) groups excluding carboxylic acids is 2. The van der Waals surface area contributed by atoms with Crippen molar-refractivity contribution < 1.29 is 50.6 Å². The Hall–Kier alpha value is -5.01. The molecular weight excluding hydrogens is 865 g/mol. The second-order valence-corrected chi connectivity index (χ2v) is 18.2. The Morgan fingerprint density at radius 2 is 1.62 bits per heavy atom. The van der Waals surface area contributed by atoms with Crippen molar-refractivity contribution in [3.8, 4) is 18.1 Å². The van der Waals surface area contributed by atoms with Crippen LogP contribution in [0.15, 0.2) is 54.9 Å². The molecule has 0 bridgehead atoms. The first-order valence-electron chi connectivity index (χ1n) is 22.7. The first-order valence-corrected chi connectivity index (χ1v) is 24.2. The van der Waals surface area contributed by atoms with E-state index in [1.807, 2.05) is 13.8 Å². The summed E-state index contributed by atoms with van der Waals surface area (Å²) in [5, 5.41) is 2.66. The lowest BCUT2D eigenvalue weighted by Gasteiger charge is -2.31. The van der Waals surface area contributed by atoms with E-state index in [9.17, 15) is 22.8 Å². The number of halogens is 3. The van der Waals surface area contributed by atoms with E-state index >= 15 is 4.57 Å². The van der Waals surface area contributed by atoms with Crippen LogP contribution in [0.25, 0.3) is 11.2 Å². The average Bonchev–Trinajstić information content (AvgIpc) is 3.86. The standard InChI is InChI=1S/C47H62F3N6O8P/c1-5-9-10-11-12-13-14-15-16-17-21-24-41(57)62-39-29-40(56-32-52-42-43(51)53-46(50)54-44(42)56)63-47(39,8-4)31-61-65(59,64-37-22-19-18-20-23-37)55-38(45(58)60-30-33(6-2)7-3)27-34-25-35(48)28-36(49)26-34/h4,18-20,22-23,25-26,28,32-33,38-40H,5-7,9-17,21,24,27,29-31H2,1-3H3,(H,55,59)(H2,51,53,54)/t38?,39-,40+,47+,65-/m0/s1. The van der Waals surface area contributed by atoms with Crippen molar-refractivity contribution >= 4 is 36.7 Å². The molecule has 0 amide bonds. The third-order valence-corrected chi connectivity index (χ3v) is 13.1. The van der Waals surface area contributed by atoms with Gasteiger partial charge in [0.2, 0.25) is 0 Å². The van der Waals surface area contributed by atoms with Crippen LogP contribution in [0.2, 0.25) is 0 Å². The molecule has 5 rings (SSSR count). The van der Waals surface area contributed by atoms with Gasteiger partial charge in [0.25, 0.3) is 0 Å². The van der Waals surface area contributed by atoms with Crippen LogP contribution in [0.3, 0.4) is 0 Å². The van der Waals surface area contributed by atoms with E-state index in [0.717, 1.165) is 37.8 Å². The monoisotopic (exact) mass is 926 g/mol. The zero-order chi connectivity index (χ0) is 46.8. The third kappa shape index (κ3) is 15.0. The van der Waals surface area contributed by atoms with Crippen molar-refractivity contribution in [3.05, 3.63) is 78.1 Å². The number of terminal acetylenes is 1. The Bertz CT molecular complexity index is 2220. The molecule has 0 saturated carbocycles. The van der Waals surface area contributed by atoms with Gasteiger partial charge in [-0.25, -0.2) is 18.3 Å². The second-order valence-electron chi connectivity index (χ2n) is 16.5. The van der Waals surface area contributed by atoms with Crippen molar-refractivity contribution in [2.24, 2.45) is 5.92 Å². The molecular formula is C47H62F3N6O8P. The van der Waals surface area contributed by atoms with Crippen LogP contribution in [0, 0.1) is 36.0 Å². The number of nitrogens with zero attached hydrogens (tertiary/aromatic N) is 4. The Morgan fingerprint density at radius 3 is 2.25 bits per heavy atom. The van der Waals surface area contributed by atoms with Crippen LogP contribution in [-0.2, 0) is 39.3 Å². The maximum Gasteiger partial charge on any atom is 0.459 e. The molecule has 0 spiro atoms. The Kier molecular flexibility index (Phi) is 19.6. The van der Waals surface area contributed by atoms with Crippen molar-refractivity contribution in [2.45, 2.75) is 147 Å². The minimum Gasteiger partial charge on any atom is -0.464 e. The van der Waals surface area contributed by atoms with Gasteiger partial charge in [-0.05, 0) is 48.6 Å². The van der Waals surface area contributed by atoms with Gasteiger partial charge in [-0.15, -0.1) is 6.42 Å². The van der Waals surface area contributed by atoms with E-state index in [2.05, 4.69) is 32.9 Å². The number of imidazole rings is 1. The number of benzene rings is 2. The number of ether oxygens (including phenoxy) is 3. The molecule has 65 heavy (non-hydrogen) atoms. The summed E-state index contributed by atoms with van der Waals surface area (Å²) in [7, 11) is -4.78. The lowest BCUT2D eigenvalue weighted by atomic mass is 9.98. The summed E-state index contributed by atoms with van der Waals surface area (Å²) >= 11 is 0. The number of aromatic nitrogens is 4. The van der Waals surface area contributed by atoms with Crippen molar-refractivity contribution in [2.75, 3.05) is 18.9 Å². The van der Waals surface area contributed by atoms with E-state index in [4.69, 9.17) is 35.4 Å². The molecule has 1 fully saturated rings. The largest absolute Gasteiger partial charge is 0.464 e. The molecule has 1 saturated heterocycles. The fourth-order valence-corrected chi connectivity index (χ4v) is 9.19. The highest BCUT2D eigenvalue weighted by Gasteiger charge is 2.53. The summed E-state index contributed by atoms with van der Waals surface area (Å²) < 4.78 is 89.9. The van der Waals surface area contributed by atoms with Crippen LogP contribution in [0.4, 0.5) is 19.0 Å². The number of nitrogens with two attached hydrogens (primary N) is 1. The molecule has 3 heterocycles.